The Balaban J connectivity index is 2.94. The molecule has 0 amide bonds. The van der Waals surface area contributed by atoms with Gasteiger partial charge in [-0.1, -0.05) is 19.1 Å². The molecule has 0 unspecified atom stereocenters. The van der Waals surface area contributed by atoms with Crippen LogP contribution < -0.4 is 4.74 Å². The lowest BCUT2D eigenvalue weighted by molar-refractivity contribution is 0.230. The zero-order valence-corrected chi connectivity index (χ0v) is 8.30. The molecule has 1 rings (SSSR count). The van der Waals surface area contributed by atoms with Crippen molar-refractivity contribution in [3.63, 3.8) is 0 Å². The van der Waals surface area contributed by atoms with Crippen molar-refractivity contribution < 1.29 is 9.13 Å². The first-order valence-corrected chi connectivity index (χ1v) is 4.59. The fourth-order valence-corrected chi connectivity index (χ4v) is 1.17. The van der Waals surface area contributed by atoms with Crippen molar-refractivity contribution in [1.29, 1.82) is 0 Å². The van der Waals surface area contributed by atoms with Crippen LogP contribution >= 0.6 is 0 Å². The van der Waals surface area contributed by atoms with Crippen molar-refractivity contribution in [1.82, 2.24) is 0 Å². The van der Waals surface area contributed by atoms with E-state index in [0.717, 1.165) is 0 Å². The van der Waals surface area contributed by atoms with Crippen LogP contribution in [0.25, 0.3) is 0 Å². The van der Waals surface area contributed by atoms with Crippen LogP contribution in [-0.4, -0.2) is 6.10 Å². The van der Waals surface area contributed by atoms with Crippen LogP contribution in [0, 0.1) is 5.82 Å². The summed E-state index contributed by atoms with van der Waals surface area (Å²) in [4.78, 5) is 0. The van der Waals surface area contributed by atoms with Crippen molar-refractivity contribution in [3.8, 4) is 5.75 Å². The van der Waals surface area contributed by atoms with Crippen LogP contribution in [0.4, 0.5) is 4.39 Å². The number of rotatable bonds is 3. The van der Waals surface area contributed by atoms with Gasteiger partial charge in [-0.25, -0.2) is 4.39 Å². The summed E-state index contributed by atoms with van der Waals surface area (Å²) in [6.07, 6.45) is 0.711. The van der Waals surface area contributed by atoms with Gasteiger partial charge in [-0.2, -0.15) is 0 Å². The molecule has 0 aliphatic heterocycles. The molecule has 0 heterocycles. The third kappa shape index (κ3) is 2.44. The van der Waals surface area contributed by atoms with Gasteiger partial charge in [-0.15, -0.1) is 0 Å². The van der Waals surface area contributed by atoms with Gasteiger partial charge in [0.25, 0.3) is 0 Å². The van der Waals surface area contributed by atoms with Crippen LogP contribution in [0.1, 0.15) is 26.3 Å². The van der Waals surface area contributed by atoms with E-state index in [1.54, 1.807) is 12.1 Å². The molecular weight excluding hydrogens is 167 g/mol. The lowest BCUT2D eigenvalue weighted by Gasteiger charge is -2.11. The maximum absolute atomic E-state index is 13.5. The molecule has 2 heteroatoms. The maximum Gasteiger partial charge on any atom is 0.168 e. The van der Waals surface area contributed by atoms with Gasteiger partial charge in [0.1, 0.15) is 0 Å². The Kier molecular flexibility index (Phi) is 3.29. The number of halogens is 1. The van der Waals surface area contributed by atoms with Gasteiger partial charge in [0.2, 0.25) is 0 Å². The van der Waals surface area contributed by atoms with Crippen molar-refractivity contribution >= 4 is 0 Å². The first kappa shape index (κ1) is 10.0. The molecule has 0 aliphatic rings. The second-order valence-corrected chi connectivity index (χ2v) is 3.25. The average molecular weight is 182 g/mol. The van der Waals surface area contributed by atoms with Crippen molar-refractivity contribution in [3.05, 3.63) is 29.6 Å². The molecule has 0 saturated carbocycles. The molecule has 0 radical (unpaired) electrons. The van der Waals surface area contributed by atoms with Gasteiger partial charge in [-0.3, -0.25) is 0 Å². The highest BCUT2D eigenvalue weighted by molar-refractivity contribution is 5.31. The van der Waals surface area contributed by atoms with Crippen LogP contribution in [-0.2, 0) is 6.42 Å². The van der Waals surface area contributed by atoms with E-state index in [1.165, 1.54) is 0 Å². The molecule has 1 aromatic carbocycles. The molecule has 0 N–H and O–H groups in total. The third-order valence-electron chi connectivity index (χ3n) is 1.79. The number of hydrogen-bond donors (Lipinski definition) is 0. The smallest absolute Gasteiger partial charge is 0.168 e. The van der Waals surface area contributed by atoms with E-state index in [0.29, 0.717) is 17.7 Å². The van der Waals surface area contributed by atoms with Gasteiger partial charge in [0.05, 0.1) is 6.10 Å². The Morgan fingerprint density at radius 2 is 2.08 bits per heavy atom. The predicted octanol–water partition coefficient (Wildman–Crippen LogP) is 3.18. The predicted molar refractivity (Wildman–Crippen MR) is 51.5 cm³/mol. The van der Waals surface area contributed by atoms with Gasteiger partial charge in [-0.05, 0) is 31.9 Å². The molecule has 0 atom stereocenters. The molecule has 1 aromatic rings. The largest absolute Gasteiger partial charge is 0.488 e. The Hall–Kier alpha value is -1.05. The molecule has 0 aliphatic carbocycles. The van der Waals surface area contributed by atoms with E-state index >= 15 is 0 Å². The summed E-state index contributed by atoms with van der Waals surface area (Å²) in [5, 5.41) is 0. The SMILES string of the molecule is CCc1cccc(OC(C)C)c1F. The van der Waals surface area contributed by atoms with Crippen LogP contribution in [0.15, 0.2) is 18.2 Å². The Bertz CT molecular complexity index is 281. The summed E-state index contributed by atoms with van der Waals surface area (Å²) in [5.74, 6) is 0.132. The first-order chi connectivity index (χ1) is 6.15. The van der Waals surface area contributed by atoms with Crippen molar-refractivity contribution in [2.45, 2.75) is 33.3 Å². The van der Waals surface area contributed by atoms with E-state index in [-0.39, 0.29) is 11.9 Å². The number of benzene rings is 1. The lowest BCUT2D eigenvalue weighted by atomic mass is 10.1. The summed E-state index contributed by atoms with van der Waals surface area (Å²) in [7, 11) is 0. The topological polar surface area (TPSA) is 9.23 Å². The minimum absolute atomic E-state index is 0.0154. The first-order valence-electron chi connectivity index (χ1n) is 4.59. The number of hydrogen-bond acceptors (Lipinski definition) is 1. The summed E-state index contributed by atoms with van der Waals surface area (Å²) in [5.41, 5.74) is 0.707. The fourth-order valence-electron chi connectivity index (χ4n) is 1.17. The molecule has 72 valence electrons. The average Bonchev–Trinajstić information content (AvgIpc) is 2.08. The Morgan fingerprint density at radius 3 is 2.62 bits per heavy atom. The van der Waals surface area contributed by atoms with E-state index in [1.807, 2.05) is 26.8 Å². The van der Waals surface area contributed by atoms with Gasteiger partial charge in [0.15, 0.2) is 11.6 Å². The van der Waals surface area contributed by atoms with Crippen LogP contribution in [0.5, 0.6) is 5.75 Å². The second kappa shape index (κ2) is 4.26. The monoisotopic (exact) mass is 182 g/mol. The summed E-state index contributed by atoms with van der Waals surface area (Å²) < 4.78 is 18.8. The zero-order valence-electron chi connectivity index (χ0n) is 8.30. The molecule has 0 spiro atoms. The van der Waals surface area contributed by atoms with Crippen LogP contribution in [0.2, 0.25) is 0 Å². The fraction of sp³-hybridized carbons (Fsp3) is 0.455. The lowest BCUT2D eigenvalue weighted by Crippen LogP contribution is -2.07. The number of aryl methyl sites for hydroxylation is 1. The van der Waals surface area contributed by atoms with E-state index in [9.17, 15) is 4.39 Å². The van der Waals surface area contributed by atoms with Gasteiger partial charge in [0, 0.05) is 0 Å². The highest BCUT2D eigenvalue weighted by Crippen LogP contribution is 2.21. The standard InChI is InChI=1S/C11H15FO/c1-4-9-6-5-7-10(11(9)12)13-8(2)3/h5-8H,4H2,1-3H3. The molecule has 0 saturated heterocycles. The zero-order chi connectivity index (χ0) is 9.84. The third-order valence-corrected chi connectivity index (χ3v) is 1.79. The van der Waals surface area contributed by atoms with Gasteiger partial charge < -0.3 is 4.74 Å². The van der Waals surface area contributed by atoms with Crippen LogP contribution in [0.3, 0.4) is 0 Å². The van der Waals surface area contributed by atoms with E-state index < -0.39 is 0 Å². The molecular formula is C11H15FO. The Labute approximate surface area is 78.5 Å². The van der Waals surface area contributed by atoms with Gasteiger partial charge >= 0.3 is 0 Å². The molecule has 1 nitrogen and oxygen atoms in total. The van der Waals surface area contributed by atoms with E-state index in [2.05, 4.69) is 0 Å². The summed E-state index contributed by atoms with van der Waals surface area (Å²) in [6, 6.07) is 5.26. The molecule has 13 heavy (non-hydrogen) atoms. The maximum atomic E-state index is 13.5. The Morgan fingerprint density at radius 1 is 1.38 bits per heavy atom. The molecule has 0 bridgehead atoms. The number of ether oxygens (including phenoxy) is 1. The summed E-state index contributed by atoms with van der Waals surface area (Å²) >= 11 is 0. The van der Waals surface area contributed by atoms with Crippen molar-refractivity contribution in [2.75, 3.05) is 0 Å². The normalized spacial score (nSPS) is 10.5. The minimum atomic E-state index is -0.223. The quantitative estimate of drug-likeness (QED) is 0.697. The van der Waals surface area contributed by atoms with Crippen molar-refractivity contribution in [2.24, 2.45) is 0 Å². The highest BCUT2D eigenvalue weighted by atomic mass is 19.1. The molecule has 0 aromatic heterocycles. The second-order valence-electron chi connectivity index (χ2n) is 3.25. The van der Waals surface area contributed by atoms with E-state index in [4.69, 9.17) is 4.74 Å². The highest BCUT2D eigenvalue weighted by Gasteiger charge is 2.08. The summed E-state index contributed by atoms with van der Waals surface area (Å²) in [6.45, 7) is 5.70. The molecule has 0 fully saturated rings. The minimum Gasteiger partial charge on any atom is -0.488 e.